The molecule has 6 heteroatoms. The van der Waals surface area contributed by atoms with Gasteiger partial charge < -0.3 is 14.8 Å². The Balaban J connectivity index is 1.72. The summed E-state index contributed by atoms with van der Waals surface area (Å²) in [5.41, 5.74) is 4.72. The molecule has 0 atom stereocenters. The van der Waals surface area contributed by atoms with Crippen LogP contribution in [0.15, 0.2) is 70.1 Å². The van der Waals surface area contributed by atoms with E-state index in [0.29, 0.717) is 22.6 Å². The van der Waals surface area contributed by atoms with Gasteiger partial charge in [0.25, 0.3) is 5.91 Å². The Bertz CT molecular complexity index is 1080. The van der Waals surface area contributed by atoms with Gasteiger partial charge in [0.1, 0.15) is 0 Å². The van der Waals surface area contributed by atoms with Crippen molar-refractivity contribution in [2.45, 2.75) is 20.8 Å². The lowest BCUT2D eigenvalue weighted by Crippen LogP contribution is -2.20. The van der Waals surface area contributed by atoms with Crippen molar-refractivity contribution in [1.82, 2.24) is 0 Å². The molecule has 31 heavy (non-hydrogen) atoms. The molecular formula is C25H25BrN2O3. The van der Waals surface area contributed by atoms with Crippen LogP contribution in [0.4, 0.5) is 11.4 Å². The number of nitrogens with zero attached hydrogens (tertiary/aromatic N) is 1. The SMILES string of the molecule is CCOc1cc(C=Nc2ccc(C)cc2)cc(Br)c1OCC(=O)Nc1cccc(C)c1. The zero-order valence-corrected chi connectivity index (χ0v) is 19.4. The number of anilines is 1. The van der Waals surface area contributed by atoms with Crippen LogP contribution in [0, 0.1) is 13.8 Å². The van der Waals surface area contributed by atoms with Crippen LogP contribution in [0.25, 0.3) is 0 Å². The fourth-order valence-corrected chi connectivity index (χ4v) is 3.48. The molecular weight excluding hydrogens is 456 g/mol. The molecule has 0 spiro atoms. The van der Waals surface area contributed by atoms with E-state index in [1.807, 2.05) is 81.4 Å². The van der Waals surface area contributed by atoms with Gasteiger partial charge in [-0.25, -0.2) is 0 Å². The predicted octanol–water partition coefficient (Wildman–Crippen LogP) is 6.23. The number of hydrogen-bond donors (Lipinski definition) is 1. The van der Waals surface area contributed by atoms with Gasteiger partial charge in [-0.3, -0.25) is 9.79 Å². The topological polar surface area (TPSA) is 59.9 Å². The Morgan fingerprint density at radius 2 is 1.81 bits per heavy atom. The molecule has 3 aromatic carbocycles. The van der Waals surface area contributed by atoms with Crippen molar-refractivity contribution in [1.29, 1.82) is 0 Å². The summed E-state index contributed by atoms with van der Waals surface area (Å²) in [5.74, 6) is 0.782. The Kier molecular flexibility index (Phi) is 7.84. The van der Waals surface area contributed by atoms with Crippen molar-refractivity contribution >= 4 is 39.4 Å². The summed E-state index contributed by atoms with van der Waals surface area (Å²) in [5, 5.41) is 2.84. The molecule has 160 valence electrons. The molecule has 3 aromatic rings. The molecule has 5 nitrogen and oxygen atoms in total. The lowest BCUT2D eigenvalue weighted by atomic mass is 10.2. The van der Waals surface area contributed by atoms with Crippen LogP contribution in [-0.4, -0.2) is 25.3 Å². The van der Waals surface area contributed by atoms with Gasteiger partial charge in [0.2, 0.25) is 0 Å². The van der Waals surface area contributed by atoms with Gasteiger partial charge in [0.05, 0.1) is 16.8 Å². The first-order valence-electron chi connectivity index (χ1n) is 10.0. The average molecular weight is 481 g/mol. The number of amides is 1. The maximum absolute atomic E-state index is 12.3. The van der Waals surface area contributed by atoms with Crippen LogP contribution in [0.5, 0.6) is 11.5 Å². The Morgan fingerprint density at radius 1 is 1.03 bits per heavy atom. The lowest BCUT2D eigenvalue weighted by Gasteiger charge is -2.14. The van der Waals surface area contributed by atoms with E-state index in [1.54, 1.807) is 6.21 Å². The highest BCUT2D eigenvalue weighted by molar-refractivity contribution is 9.10. The quantitative estimate of drug-likeness (QED) is 0.388. The predicted molar refractivity (Wildman–Crippen MR) is 129 cm³/mol. The number of halogens is 1. The van der Waals surface area contributed by atoms with Gasteiger partial charge >= 0.3 is 0 Å². The van der Waals surface area contributed by atoms with E-state index in [0.717, 1.165) is 22.5 Å². The van der Waals surface area contributed by atoms with Crippen molar-refractivity contribution in [3.8, 4) is 11.5 Å². The first-order valence-corrected chi connectivity index (χ1v) is 10.8. The molecule has 0 aliphatic rings. The molecule has 0 aliphatic heterocycles. The standard InChI is InChI=1S/C25H25BrN2O3/c1-4-30-23-14-19(15-27-20-10-8-17(2)9-11-20)13-22(26)25(23)31-16-24(29)28-21-7-5-6-18(3)12-21/h5-15H,4,16H2,1-3H3,(H,28,29). The molecule has 0 aliphatic carbocycles. The second-order valence-electron chi connectivity index (χ2n) is 7.06. The number of aryl methyl sites for hydroxylation is 2. The van der Waals surface area contributed by atoms with E-state index >= 15 is 0 Å². The van der Waals surface area contributed by atoms with Crippen LogP contribution in [-0.2, 0) is 4.79 Å². The molecule has 0 aromatic heterocycles. The highest BCUT2D eigenvalue weighted by Gasteiger charge is 2.14. The van der Waals surface area contributed by atoms with Gasteiger partial charge in [0.15, 0.2) is 18.1 Å². The molecule has 1 amide bonds. The Labute approximate surface area is 191 Å². The van der Waals surface area contributed by atoms with Crippen molar-refractivity contribution in [2.75, 3.05) is 18.5 Å². The maximum atomic E-state index is 12.3. The van der Waals surface area contributed by atoms with Gasteiger partial charge in [0, 0.05) is 11.9 Å². The summed E-state index contributed by atoms with van der Waals surface area (Å²) in [7, 11) is 0. The smallest absolute Gasteiger partial charge is 0.262 e. The van der Waals surface area contributed by atoms with Gasteiger partial charge in [-0.2, -0.15) is 0 Å². The summed E-state index contributed by atoms with van der Waals surface area (Å²) < 4.78 is 12.2. The van der Waals surface area contributed by atoms with E-state index in [2.05, 4.69) is 26.2 Å². The highest BCUT2D eigenvalue weighted by atomic mass is 79.9. The first kappa shape index (κ1) is 22.6. The highest BCUT2D eigenvalue weighted by Crippen LogP contribution is 2.36. The van der Waals surface area contributed by atoms with Crippen molar-refractivity contribution in [3.63, 3.8) is 0 Å². The third-order valence-corrected chi connectivity index (χ3v) is 4.97. The Hall–Kier alpha value is -3.12. The second kappa shape index (κ2) is 10.8. The van der Waals surface area contributed by atoms with E-state index in [-0.39, 0.29) is 12.5 Å². The second-order valence-corrected chi connectivity index (χ2v) is 7.92. The molecule has 0 saturated heterocycles. The van der Waals surface area contributed by atoms with E-state index < -0.39 is 0 Å². The minimum absolute atomic E-state index is 0.135. The van der Waals surface area contributed by atoms with Crippen molar-refractivity contribution < 1.29 is 14.3 Å². The maximum Gasteiger partial charge on any atom is 0.262 e. The summed E-state index contributed by atoms with van der Waals surface area (Å²) in [6.07, 6.45) is 1.77. The monoisotopic (exact) mass is 480 g/mol. The fraction of sp³-hybridized carbons (Fsp3) is 0.200. The van der Waals surface area contributed by atoms with E-state index in [1.165, 1.54) is 5.56 Å². The van der Waals surface area contributed by atoms with Crippen molar-refractivity contribution in [2.24, 2.45) is 4.99 Å². The molecule has 1 N–H and O–H groups in total. The number of carbonyl (C=O) groups is 1. The fourth-order valence-electron chi connectivity index (χ4n) is 2.90. The van der Waals surface area contributed by atoms with Crippen LogP contribution < -0.4 is 14.8 Å². The molecule has 0 radical (unpaired) electrons. The summed E-state index contributed by atoms with van der Waals surface area (Å²) >= 11 is 3.53. The van der Waals surface area contributed by atoms with Crippen LogP contribution in [0.3, 0.4) is 0 Å². The van der Waals surface area contributed by atoms with Crippen LogP contribution >= 0.6 is 15.9 Å². The summed E-state index contributed by atoms with van der Waals surface area (Å²) in [6, 6.07) is 19.3. The number of hydrogen-bond acceptors (Lipinski definition) is 4. The number of rotatable bonds is 8. The molecule has 3 rings (SSSR count). The lowest BCUT2D eigenvalue weighted by molar-refractivity contribution is -0.118. The third kappa shape index (κ3) is 6.69. The number of ether oxygens (including phenoxy) is 2. The largest absolute Gasteiger partial charge is 0.490 e. The molecule has 0 fully saturated rings. The van der Waals surface area contributed by atoms with Gasteiger partial charge in [-0.15, -0.1) is 0 Å². The number of benzene rings is 3. The van der Waals surface area contributed by atoms with Gasteiger partial charge in [-0.05, 0) is 84.2 Å². The normalized spacial score (nSPS) is 10.8. The molecule has 0 unspecified atom stereocenters. The van der Waals surface area contributed by atoms with Crippen molar-refractivity contribution in [3.05, 3.63) is 81.8 Å². The number of aliphatic imine (C=N–C) groups is 1. The molecule has 0 heterocycles. The molecule has 0 bridgehead atoms. The van der Waals surface area contributed by atoms with Crippen LogP contribution in [0.2, 0.25) is 0 Å². The minimum Gasteiger partial charge on any atom is -0.490 e. The van der Waals surface area contributed by atoms with E-state index in [4.69, 9.17) is 9.47 Å². The van der Waals surface area contributed by atoms with Gasteiger partial charge in [-0.1, -0.05) is 29.8 Å². The zero-order chi connectivity index (χ0) is 22.2. The first-order chi connectivity index (χ1) is 14.9. The minimum atomic E-state index is -0.245. The Morgan fingerprint density at radius 3 is 2.52 bits per heavy atom. The third-order valence-electron chi connectivity index (χ3n) is 4.38. The van der Waals surface area contributed by atoms with Crippen LogP contribution in [0.1, 0.15) is 23.6 Å². The van der Waals surface area contributed by atoms with E-state index in [9.17, 15) is 4.79 Å². The summed E-state index contributed by atoms with van der Waals surface area (Å²) in [6.45, 7) is 6.25. The number of carbonyl (C=O) groups excluding carboxylic acids is 1. The average Bonchev–Trinajstić information content (AvgIpc) is 2.73. The zero-order valence-electron chi connectivity index (χ0n) is 17.8. The summed E-state index contributed by atoms with van der Waals surface area (Å²) in [4.78, 5) is 16.8. The molecule has 0 saturated carbocycles. The number of nitrogens with one attached hydrogen (secondary N) is 1.